The van der Waals surface area contributed by atoms with E-state index in [2.05, 4.69) is 0 Å². The molecule has 19 heavy (non-hydrogen) atoms. The highest BCUT2D eigenvalue weighted by Crippen LogP contribution is 2.36. The molecule has 1 aliphatic rings. The van der Waals surface area contributed by atoms with Crippen LogP contribution in [0.25, 0.3) is 0 Å². The largest absolute Gasteiger partial charge is 0.319 e. The van der Waals surface area contributed by atoms with Gasteiger partial charge < -0.3 is 5.73 Å². The van der Waals surface area contributed by atoms with Crippen LogP contribution in [0.5, 0.6) is 0 Å². The molecule has 1 aromatic carbocycles. The summed E-state index contributed by atoms with van der Waals surface area (Å²) >= 11 is 3.47. The molecule has 1 nitrogen and oxygen atoms in total. The van der Waals surface area contributed by atoms with Crippen molar-refractivity contribution >= 4 is 23.1 Å². The summed E-state index contributed by atoms with van der Waals surface area (Å²) in [5, 5.41) is 0. The van der Waals surface area contributed by atoms with Crippen molar-refractivity contribution in [1.29, 1.82) is 0 Å². The van der Waals surface area contributed by atoms with Crippen LogP contribution in [0.3, 0.4) is 0 Å². The molecule has 2 aromatic rings. The number of hydrogen-bond donors (Lipinski definition) is 1. The van der Waals surface area contributed by atoms with Gasteiger partial charge in [-0.1, -0.05) is 6.07 Å². The summed E-state index contributed by atoms with van der Waals surface area (Å²) < 4.78 is 27.5. The van der Waals surface area contributed by atoms with E-state index in [9.17, 15) is 8.78 Å². The van der Waals surface area contributed by atoms with Crippen molar-refractivity contribution in [3.8, 4) is 0 Å². The zero-order valence-corrected chi connectivity index (χ0v) is 11.8. The molecule has 0 bridgehead atoms. The SMILES string of the molecule is NC(c1cc2c(s1)CCSC2)c1c(F)cccc1F. The highest BCUT2D eigenvalue weighted by Gasteiger charge is 2.22. The van der Waals surface area contributed by atoms with Gasteiger partial charge in [0.2, 0.25) is 0 Å². The lowest BCUT2D eigenvalue weighted by Crippen LogP contribution is -2.14. The molecule has 0 amide bonds. The Kier molecular flexibility index (Phi) is 3.60. The van der Waals surface area contributed by atoms with E-state index in [4.69, 9.17) is 5.73 Å². The third kappa shape index (κ3) is 2.42. The van der Waals surface area contributed by atoms with Crippen molar-refractivity contribution in [2.45, 2.75) is 18.2 Å². The zero-order valence-electron chi connectivity index (χ0n) is 10.2. The van der Waals surface area contributed by atoms with Gasteiger partial charge in [0.15, 0.2) is 0 Å². The van der Waals surface area contributed by atoms with Gasteiger partial charge in [0.05, 0.1) is 6.04 Å². The maximum Gasteiger partial charge on any atom is 0.131 e. The Bertz CT molecular complexity index is 566. The maximum absolute atomic E-state index is 13.8. The monoisotopic (exact) mass is 297 g/mol. The molecule has 0 aliphatic carbocycles. The van der Waals surface area contributed by atoms with Crippen LogP contribution in [-0.2, 0) is 12.2 Å². The van der Waals surface area contributed by atoms with E-state index >= 15 is 0 Å². The fourth-order valence-electron chi connectivity index (χ4n) is 2.27. The van der Waals surface area contributed by atoms with Crippen LogP contribution in [0.1, 0.15) is 26.9 Å². The number of nitrogens with two attached hydrogens (primary N) is 1. The van der Waals surface area contributed by atoms with Crippen LogP contribution in [0, 0.1) is 11.6 Å². The number of thiophene rings is 1. The molecule has 0 saturated carbocycles. The van der Waals surface area contributed by atoms with Crippen LogP contribution >= 0.6 is 23.1 Å². The standard InChI is InChI=1S/C14H13F2NS2/c15-9-2-1-3-10(16)13(9)14(17)12-6-8-7-18-5-4-11(8)19-12/h1-3,6,14H,4-5,7,17H2. The molecule has 2 heterocycles. The molecule has 0 spiro atoms. The van der Waals surface area contributed by atoms with Crippen LogP contribution in [0.15, 0.2) is 24.3 Å². The Morgan fingerprint density at radius 3 is 2.63 bits per heavy atom. The van der Waals surface area contributed by atoms with E-state index in [1.807, 2.05) is 17.8 Å². The minimum Gasteiger partial charge on any atom is -0.319 e. The lowest BCUT2D eigenvalue weighted by Gasteiger charge is -2.12. The quantitative estimate of drug-likeness (QED) is 0.911. The van der Waals surface area contributed by atoms with E-state index in [-0.39, 0.29) is 5.56 Å². The molecule has 1 unspecified atom stereocenters. The second-order valence-corrected chi connectivity index (χ2v) is 6.79. The van der Waals surface area contributed by atoms with Gasteiger partial charge >= 0.3 is 0 Å². The number of fused-ring (bicyclic) bond motifs is 1. The summed E-state index contributed by atoms with van der Waals surface area (Å²) in [7, 11) is 0. The van der Waals surface area contributed by atoms with Gasteiger partial charge in [-0.2, -0.15) is 11.8 Å². The van der Waals surface area contributed by atoms with Crippen molar-refractivity contribution in [1.82, 2.24) is 0 Å². The van der Waals surface area contributed by atoms with Gasteiger partial charge in [-0.05, 0) is 35.9 Å². The Morgan fingerprint density at radius 2 is 1.95 bits per heavy atom. The van der Waals surface area contributed by atoms with Crippen molar-refractivity contribution < 1.29 is 8.78 Å². The lowest BCUT2D eigenvalue weighted by molar-refractivity contribution is 0.545. The molecule has 1 aromatic heterocycles. The summed E-state index contributed by atoms with van der Waals surface area (Å²) in [6, 6.07) is 5.14. The Labute approximate surface area is 118 Å². The van der Waals surface area contributed by atoms with Crippen LogP contribution in [0.4, 0.5) is 8.78 Å². The number of aryl methyl sites for hydroxylation is 1. The summed E-state index contributed by atoms with van der Waals surface area (Å²) in [5.41, 5.74) is 7.29. The molecule has 0 saturated heterocycles. The minimum atomic E-state index is -0.721. The molecule has 0 radical (unpaired) electrons. The molecule has 100 valence electrons. The van der Waals surface area contributed by atoms with E-state index in [1.54, 1.807) is 11.3 Å². The zero-order chi connectivity index (χ0) is 13.4. The van der Waals surface area contributed by atoms with Crippen molar-refractivity contribution in [2.75, 3.05) is 5.75 Å². The third-order valence-electron chi connectivity index (χ3n) is 3.26. The molecule has 5 heteroatoms. The third-order valence-corrected chi connectivity index (χ3v) is 5.59. The normalized spacial score (nSPS) is 16.2. The first-order chi connectivity index (χ1) is 9.16. The number of halogens is 2. The first-order valence-corrected chi connectivity index (χ1v) is 8.02. The second-order valence-electron chi connectivity index (χ2n) is 4.51. The number of rotatable bonds is 2. The molecule has 3 rings (SSSR count). The summed E-state index contributed by atoms with van der Waals surface area (Å²) in [6.07, 6.45) is 1.02. The topological polar surface area (TPSA) is 26.0 Å². The second kappa shape index (κ2) is 5.23. The smallest absolute Gasteiger partial charge is 0.131 e. The Morgan fingerprint density at radius 1 is 1.21 bits per heavy atom. The first-order valence-electron chi connectivity index (χ1n) is 6.05. The predicted molar refractivity (Wildman–Crippen MR) is 76.6 cm³/mol. The summed E-state index contributed by atoms with van der Waals surface area (Å²) in [4.78, 5) is 2.15. The molecule has 2 N–H and O–H groups in total. The molecule has 1 atom stereocenters. The minimum absolute atomic E-state index is 0.0336. The predicted octanol–water partition coefficient (Wildman–Crippen LogP) is 3.86. The van der Waals surface area contributed by atoms with Gasteiger partial charge in [0.25, 0.3) is 0 Å². The lowest BCUT2D eigenvalue weighted by atomic mass is 10.0. The highest BCUT2D eigenvalue weighted by molar-refractivity contribution is 7.98. The summed E-state index contributed by atoms with van der Waals surface area (Å²) in [5.74, 6) is 0.927. The van der Waals surface area contributed by atoms with Gasteiger partial charge in [-0.25, -0.2) is 8.78 Å². The van der Waals surface area contributed by atoms with E-state index in [0.29, 0.717) is 0 Å². The van der Waals surface area contributed by atoms with Crippen LogP contribution < -0.4 is 5.73 Å². The fraction of sp³-hybridized carbons (Fsp3) is 0.286. The van der Waals surface area contributed by atoms with E-state index < -0.39 is 17.7 Å². The van der Waals surface area contributed by atoms with Crippen LogP contribution in [0.2, 0.25) is 0 Å². The average molecular weight is 297 g/mol. The van der Waals surface area contributed by atoms with E-state index in [1.165, 1.54) is 28.6 Å². The number of hydrogen-bond acceptors (Lipinski definition) is 3. The molecular formula is C14H13F2NS2. The number of thioether (sulfide) groups is 1. The van der Waals surface area contributed by atoms with Crippen molar-refractivity contribution in [3.05, 3.63) is 56.8 Å². The highest BCUT2D eigenvalue weighted by atomic mass is 32.2. The van der Waals surface area contributed by atoms with E-state index in [0.717, 1.165) is 22.8 Å². The Hall–Kier alpha value is -0.910. The maximum atomic E-state index is 13.8. The first kappa shape index (κ1) is 13.1. The van der Waals surface area contributed by atoms with Crippen molar-refractivity contribution in [2.24, 2.45) is 5.73 Å². The molecular weight excluding hydrogens is 284 g/mol. The number of benzene rings is 1. The Balaban J connectivity index is 1.99. The molecule has 1 aliphatic heterocycles. The molecule has 0 fully saturated rings. The summed E-state index contributed by atoms with van der Waals surface area (Å²) in [6.45, 7) is 0. The average Bonchev–Trinajstić information content (AvgIpc) is 2.82. The van der Waals surface area contributed by atoms with Crippen LogP contribution in [-0.4, -0.2) is 5.75 Å². The van der Waals surface area contributed by atoms with Gasteiger partial charge in [0.1, 0.15) is 11.6 Å². The van der Waals surface area contributed by atoms with Gasteiger partial charge in [0, 0.05) is 21.1 Å². The van der Waals surface area contributed by atoms with Crippen molar-refractivity contribution in [3.63, 3.8) is 0 Å². The fourth-order valence-corrected chi connectivity index (χ4v) is 4.66. The van der Waals surface area contributed by atoms with Gasteiger partial charge in [-0.3, -0.25) is 0 Å². The van der Waals surface area contributed by atoms with Gasteiger partial charge in [-0.15, -0.1) is 11.3 Å².